The average Bonchev–Trinajstić information content (AvgIpc) is 3.78. The van der Waals surface area contributed by atoms with E-state index in [-0.39, 0.29) is 23.7 Å². The lowest BCUT2D eigenvalue weighted by atomic mass is 9.71. The third-order valence-electron chi connectivity index (χ3n) is 14.1. The summed E-state index contributed by atoms with van der Waals surface area (Å²) in [5.74, 6) is -0.623. The molecule has 4 aliphatic rings. The topological polar surface area (TPSA) is 155 Å². The number of carbonyl (C=O) groups is 3. The Balaban J connectivity index is 0.791. The van der Waals surface area contributed by atoms with Crippen molar-refractivity contribution in [3.63, 3.8) is 0 Å². The van der Waals surface area contributed by atoms with Gasteiger partial charge in [0.1, 0.15) is 17.4 Å². The molecule has 1 aliphatic carbocycles. The van der Waals surface area contributed by atoms with E-state index in [0.29, 0.717) is 46.0 Å². The second-order valence-electron chi connectivity index (χ2n) is 18.7. The van der Waals surface area contributed by atoms with Crippen LogP contribution >= 0.6 is 11.3 Å². The van der Waals surface area contributed by atoms with Crippen LogP contribution in [0, 0.1) is 11.3 Å². The number of anilines is 2. The van der Waals surface area contributed by atoms with Gasteiger partial charge in [-0.25, -0.2) is 14.8 Å². The number of thiazole rings is 1. The number of benzene rings is 2. The number of amides is 3. The van der Waals surface area contributed by atoms with Crippen LogP contribution in [0.4, 0.5) is 24.5 Å². The fourth-order valence-corrected chi connectivity index (χ4v) is 11.6. The van der Waals surface area contributed by atoms with Crippen LogP contribution in [0.15, 0.2) is 53.3 Å². The molecule has 0 bridgehead atoms. The molecule has 334 valence electrons. The van der Waals surface area contributed by atoms with E-state index in [1.807, 2.05) is 12.1 Å². The van der Waals surface area contributed by atoms with Gasteiger partial charge in [-0.2, -0.15) is 13.2 Å². The van der Waals surface area contributed by atoms with Gasteiger partial charge in [-0.05, 0) is 132 Å². The predicted molar refractivity (Wildman–Crippen MR) is 235 cm³/mol. The molecule has 3 N–H and O–H groups in total. The largest absolute Gasteiger partial charge is 0.433 e. The van der Waals surface area contributed by atoms with Crippen molar-refractivity contribution in [2.45, 2.75) is 102 Å². The first-order valence-electron chi connectivity index (χ1n) is 22.0. The van der Waals surface area contributed by atoms with Gasteiger partial charge >= 0.3 is 11.9 Å². The van der Waals surface area contributed by atoms with Crippen LogP contribution in [0.25, 0.3) is 21.3 Å². The fraction of sp³-hybridized carbons (Fsp3) is 0.522. The van der Waals surface area contributed by atoms with Gasteiger partial charge in [0.25, 0.3) is 5.91 Å². The number of alkyl halides is 3. The molecule has 3 amide bonds. The third-order valence-corrected chi connectivity index (χ3v) is 15.3. The number of aliphatic hydroxyl groups is 1. The van der Waals surface area contributed by atoms with E-state index < -0.39 is 35.3 Å². The van der Waals surface area contributed by atoms with Crippen LogP contribution in [0.3, 0.4) is 0 Å². The van der Waals surface area contributed by atoms with Crippen molar-refractivity contribution < 1.29 is 32.7 Å². The average molecular weight is 887 g/mol. The summed E-state index contributed by atoms with van der Waals surface area (Å²) in [7, 11) is 1.76. The lowest BCUT2D eigenvalue weighted by Gasteiger charge is -2.48. The monoisotopic (exact) mass is 886 g/mol. The standard InChI is InChI=1S/C46H53F3N8O5S/c1-44(2,62)29-24-32-36(25-31(29)51-40(59)30-6-4-9-37(50-30)46(47,48)49)63-42(52-32)28-12-10-27(11-13-28)26-55-20-16-45(17-21-55)18-22-56(23-19-45)33-7-5-8-34-39(33)54(3)43(61)57(34)35-14-15-38(58)53-41(35)60/h4-9,24-25,27-28,35,62H,10-23,26H2,1-3H3,(H,51,59)(H,53,58,60)/t27-,28-,35?. The second kappa shape index (κ2) is 16.5. The van der Waals surface area contributed by atoms with Crippen molar-refractivity contribution in [1.82, 2.24) is 29.3 Å². The molecule has 1 atom stereocenters. The molecule has 3 aliphatic heterocycles. The molecule has 1 saturated carbocycles. The van der Waals surface area contributed by atoms with Gasteiger partial charge in [0, 0.05) is 50.3 Å². The molecule has 6 heterocycles. The summed E-state index contributed by atoms with van der Waals surface area (Å²) in [5.41, 5.74) is 1.14. The Morgan fingerprint density at radius 2 is 1.63 bits per heavy atom. The summed E-state index contributed by atoms with van der Waals surface area (Å²) in [5, 5.41) is 17.1. The normalized spacial score (nSPS) is 22.5. The number of hydrogen-bond donors (Lipinski definition) is 3. The highest BCUT2D eigenvalue weighted by molar-refractivity contribution is 7.18. The number of aryl methyl sites for hydroxylation is 1. The van der Waals surface area contributed by atoms with E-state index in [4.69, 9.17) is 4.98 Å². The van der Waals surface area contributed by atoms with Gasteiger partial charge in [-0.3, -0.25) is 28.8 Å². The lowest BCUT2D eigenvalue weighted by molar-refractivity contribution is -0.141. The molecular weight excluding hydrogens is 834 g/mol. The minimum absolute atomic E-state index is 0.207. The first kappa shape index (κ1) is 43.1. The van der Waals surface area contributed by atoms with Crippen LogP contribution in [0.5, 0.6) is 0 Å². The maximum Gasteiger partial charge on any atom is 0.433 e. The lowest BCUT2D eigenvalue weighted by Crippen LogP contribution is -2.48. The zero-order valence-corrected chi connectivity index (χ0v) is 36.6. The molecule has 1 unspecified atom stereocenters. The number of nitrogens with zero attached hydrogens (tertiary/aromatic N) is 6. The van der Waals surface area contributed by atoms with Gasteiger partial charge in [0.15, 0.2) is 0 Å². The minimum atomic E-state index is -4.69. The van der Waals surface area contributed by atoms with Crippen LogP contribution in [0.2, 0.25) is 0 Å². The maximum atomic E-state index is 13.5. The van der Waals surface area contributed by atoms with Crippen LogP contribution in [-0.4, -0.2) is 79.6 Å². The van der Waals surface area contributed by atoms with Crippen LogP contribution < -0.4 is 21.2 Å². The summed E-state index contributed by atoms with van der Waals surface area (Å²) in [4.78, 5) is 64.8. The number of rotatable bonds is 8. The number of nitrogens with one attached hydrogen (secondary N) is 2. The number of pyridine rings is 1. The van der Waals surface area contributed by atoms with E-state index in [2.05, 4.69) is 31.5 Å². The number of imidazole rings is 1. The molecule has 0 radical (unpaired) electrons. The Hall–Kier alpha value is -5.13. The highest BCUT2D eigenvalue weighted by atomic mass is 32.1. The highest BCUT2D eigenvalue weighted by Gasteiger charge is 2.40. The number of para-hydroxylation sites is 1. The van der Waals surface area contributed by atoms with Crippen molar-refractivity contribution >= 4 is 61.7 Å². The van der Waals surface area contributed by atoms with Crippen molar-refractivity contribution in [2.75, 3.05) is 42.9 Å². The molecule has 9 rings (SSSR count). The van der Waals surface area contributed by atoms with Crippen LogP contribution in [-0.2, 0) is 28.4 Å². The molecular formula is C46H53F3N8O5S. The number of carbonyl (C=O) groups excluding carboxylic acids is 3. The Morgan fingerprint density at radius 1 is 0.937 bits per heavy atom. The number of halogens is 3. The number of piperidine rings is 3. The second-order valence-corrected chi connectivity index (χ2v) is 19.7. The summed E-state index contributed by atoms with van der Waals surface area (Å²) in [6.07, 6.45) is 4.60. The number of imide groups is 1. The molecule has 63 heavy (non-hydrogen) atoms. The Kier molecular flexibility index (Phi) is 11.3. The Bertz CT molecular complexity index is 2640. The Morgan fingerprint density at radius 3 is 2.32 bits per heavy atom. The number of likely N-dealkylation sites (tertiary alicyclic amines) is 1. The van der Waals surface area contributed by atoms with Crippen molar-refractivity contribution in [1.29, 1.82) is 0 Å². The minimum Gasteiger partial charge on any atom is -0.386 e. The molecule has 3 aromatic heterocycles. The highest BCUT2D eigenvalue weighted by Crippen LogP contribution is 2.45. The van der Waals surface area contributed by atoms with Crippen molar-refractivity contribution in [3.8, 4) is 0 Å². The molecule has 2 aromatic carbocycles. The van der Waals surface area contributed by atoms with E-state index >= 15 is 0 Å². The SMILES string of the molecule is Cn1c(=O)n(C2CCC(=O)NC2=O)c2cccc(N3CCC4(CCN(C[C@H]5CC[C@H](c6nc7cc(C(C)(C)O)c(NC(=O)c8cccc(C(F)(F)F)n8)cc7s6)CC5)CC4)CC3)c21. The van der Waals surface area contributed by atoms with Crippen LogP contribution in [0.1, 0.15) is 117 Å². The molecule has 5 aromatic rings. The molecule has 4 fully saturated rings. The first-order chi connectivity index (χ1) is 30.0. The number of hydrogen-bond acceptors (Lipinski definition) is 10. The van der Waals surface area contributed by atoms with E-state index in [1.54, 1.807) is 53.5 Å². The van der Waals surface area contributed by atoms with E-state index in [9.17, 15) is 37.5 Å². The maximum absolute atomic E-state index is 13.5. The van der Waals surface area contributed by atoms with E-state index in [0.717, 1.165) is 104 Å². The zero-order valence-electron chi connectivity index (χ0n) is 35.8. The van der Waals surface area contributed by atoms with Crippen molar-refractivity contribution in [3.05, 3.63) is 81.0 Å². The van der Waals surface area contributed by atoms with Gasteiger partial charge in [-0.1, -0.05) is 12.1 Å². The van der Waals surface area contributed by atoms with Gasteiger partial charge in [0.05, 0.1) is 37.5 Å². The quantitative estimate of drug-likeness (QED) is 0.135. The summed E-state index contributed by atoms with van der Waals surface area (Å²) >= 11 is 1.56. The van der Waals surface area contributed by atoms with Gasteiger partial charge in [0.2, 0.25) is 11.8 Å². The summed E-state index contributed by atoms with van der Waals surface area (Å²) in [6, 6.07) is 11.9. The zero-order chi connectivity index (χ0) is 44.4. The molecule has 3 saturated heterocycles. The van der Waals surface area contributed by atoms with Gasteiger partial charge < -0.3 is 20.2 Å². The summed E-state index contributed by atoms with van der Waals surface area (Å²) in [6.45, 7) is 8.25. The Labute approximate surface area is 366 Å². The van der Waals surface area contributed by atoms with Gasteiger partial charge in [-0.15, -0.1) is 11.3 Å². The molecule has 13 nitrogen and oxygen atoms in total. The van der Waals surface area contributed by atoms with Crippen molar-refractivity contribution in [2.24, 2.45) is 18.4 Å². The summed E-state index contributed by atoms with van der Waals surface area (Å²) < 4.78 is 43.9. The fourth-order valence-electron chi connectivity index (χ4n) is 10.5. The third kappa shape index (κ3) is 8.51. The van der Waals surface area contributed by atoms with E-state index in [1.165, 1.54) is 18.9 Å². The number of fused-ring (bicyclic) bond motifs is 2. The molecule has 1 spiro atoms. The first-order valence-corrected chi connectivity index (χ1v) is 22.8. The molecule has 17 heteroatoms. The smallest absolute Gasteiger partial charge is 0.386 e. The number of aromatic nitrogens is 4. The predicted octanol–water partition coefficient (Wildman–Crippen LogP) is 7.48.